The van der Waals surface area contributed by atoms with Crippen molar-refractivity contribution in [3.8, 4) is 17.2 Å². The number of carbonyl (C=O) groups excluding carboxylic acids is 1. The monoisotopic (exact) mass is 492 g/mol. The highest BCUT2D eigenvalue weighted by Crippen LogP contribution is 2.40. The van der Waals surface area contributed by atoms with E-state index in [-0.39, 0.29) is 12.6 Å². The summed E-state index contributed by atoms with van der Waals surface area (Å²) in [5.41, 5.74) is 5.33. The molecular formula is C26H21BrO5. The second kappa shape index (κ2) is 8.45. The molecule has 0 saturated heterocycles. The molecule has 3 aromatic rings. The first-order valence-electron chi connectivity index (χ1n) is 10.3. The van der Waals surface area contributed by atoms with E-state index in [1.165, 1.54) is 0 Å². The zero-order chi connectivity index (χ0) is 22.2. The van der Waals surface area contributed by atoms with Gasteiger partial charge in [-0.1, -0.05) is 45.8 Å². The molecule has 2 aliphatic heterocycles. The molecule has 5 rings (SSSR count). The highest BCUT2D eigenvalue weighted by atomic mass is 79.9. The van der Waals surface area contributed by atoms with Crippen LogP contribution in [0.4, 0.5) is 0 Å². The van der Waals surface area contributed by atoms with E-state index in [0.29, 0.717) is 36.0 Å². The van der Waals surface area contributed by atoms with Crippen LogP contribution >= 0.6 is 15.9 Å². The molecule has 2 heterocycles. The van der Waals surface area contributed by atoms with Crippen molar-refractivity contribution >= 4 is 27.8 Å². The molecule has 0 bridgehead atoms. The minimum atomic E-state index is -0.121. The number of halogens is 1. The largest absolute Gasteiger partial charge is 0.488 e. The SMILES string of the molecule is Cc1ccc(/C=C2\Oc3c(ccc(OCc4cc(Br)cc5c4OCOC5)c3C)C2=O)cc1. The lowest BCUT2D eigenvalue weighted by Gasteiger charge is -2.21. The van der Waals surface area contributed by atoms with Crippen LogP contribution in [0.1, 0.15) is 38.2 Å². The van der Waals surface area contributed by atoms with E-state index in [2.05, 4.69) is 15.9 Å². The predicted molar refractivity (Wildman–Crippen MR) is 124 cm³/mol. The first kappa shape index (κ1) is 20.8. The molecule has 0 N–H and O–H groups in total. The number of ether oxygens (including phenoxy) is 4. The van der Waals surface area contributed by atoms with Gasteiger partial charge in [0.05, 0.1) is 12.2 Å². The number of ketones is 1. The quantitative estimate of drug-likeness (QED) is 0.410. The Hall–Kier alpha value is -3.09. The van der Waals surface area contributed by atoms with Gasteiger partial charge in [-0.25, -0.2) is 0 Å². The second-order valence-electron chi connectivity index (χ2n) is 7.87. The Morgan fingerprint density at radius 3 is 2.69 bits per heavy atom. The van der Waals surface area contributed by atoms with Gasteiger partial charge in [-0.05, 0) is 49.8 Å². The van der Waals surface area contributed by atoms with E-state index in [4.69, 9.17) is 18.9 Å². The molecule has 0 spiro atoms. The predicted octanol–water partition coefficient (Wildman–Crippen LogP) is 6.13. The fourth-order valence-corrected chi connectivity index (χ4v) is 4.41. The van der Waals surface area contributed by atoms with Crippen LogP contribution in [-0.2, 0) is 18.0 Å². The van der Waals surface area contributed by atoms with Gasteiger partial charge >= 0.3 is 0 Å². The van der Waals surface area contributed by atoms with Gasteiger partial charge < -0.3 is 18.9 Å². The molecule has 6 heteroatoms. The lowest BCUT2D eigenvalue weighted by molar-refractivity contribution is -0.0176. The summed E-state index contributed by atoms with van der Waals surface area (Å²) in [6.07, 6.45) is 1.77. The van der Waals surface area contributed by atoms with Crippen molar-refractivity contribution in [3.63, 3.8) is 0 Å². The summed E-state index contributed by atoms with van der Waals surface area (Å²) in [4.78, 5) is 12.8. The molecule has 0 aromatic heterocycles. The van der Waals surface area contributed by atoms with E-state index >= 15 is 0 Å². The summed E-state index contributed by atoms with van der Waals surface area (Å²) in [6.45, 7) is 4.98. The van der Waals surface area contributed by atoms with Crippen LogP contribution in [0.15, 0.2) is 58.8 Å². The van der Waals surface area contributed by atoms with Crippen molar-refractivity contribution in [1.82, 2.24) is 0 Å². The van der Waals surface area contributed by atoms with Crippen LogP contribution in [0.25, 0.3) is 6.08 Å². The Kier molecular flexibility index (Phi) is 5.49. The lowest BCUT2D eigenvalue weighted by atomic mass is 10.1. The molecule has 2 aliphatic rings. The van der Waals surface area contributed by atoms with Crippen molar-refractivity contribution < 1.29 is 23.7 Å². The minimum absolute atomic E-state index is 0.121. The maximum absolute atomic E-state index is 12.8. The van der Waals surface area contributed by atoms with Crippen LogP contribution in [0.3, 0.4) is 0 Å². The van der Waals surface area contributed by atoms with Crippen molar-refractivity contribution in [1.29, 1.82) is 0 Å². The fourth-order valence-electron chi connectivity index (χ4n) is 3.86. The van der Waals surface area contributed by atoms with Crippen molar-refractivity contribution in [3.05, 3.63) is 92.1 Å². The molecule has 162 valence electrons. The van der Waals surface area contributed by atoms with E-state index in [0.717, 1.165) is 38.0 Å². The molecule has 3 aromatic carbocycles. The summed E-state index contributed by atoms with van der Waals surface area (Å²) >= 11 is 3.54. The van der Waals surface area contributed by atoms with Gasteiger partial charge in [0.2, 0.25) is 5.78 Å². The molecule has 0 radical (unpaired) electrons. The zero-order valence-corrected chi connectivity index (χ0v) is 19.3. The number of fused-ring (bicyclic) bond motifs is 2. The number of aryl methyl sites for hydroxylation is 1. The number of hydrogen-bond acceptors (Lipinski definition) is 5. The van der Waals surface area contributed by atoms with Crippen LogP contribution in [0.5, 0.6) is 17.2 Å². The zero-order valence-electron chi connectivity index (χ0n) is 17.7. The molecule has 5 nitrogen and oxygen atoms in total. The molecule has 0 aliphatic carbocycles. The Bertz CT molecular complexity index is 1240. The lowest BCUT2D eigenvalue weighted by Crippen LogP contribution is -2.14. The third-order valence-electron chi connectivity index (χ3n) is 5.55. The highest BCUT2D eigenvalue weighted by molar-refractivity contribution is 9.10. The molecule has 0 unspecified atom stereocenters. The second-order valence-corrected chi connectivity index (χ2v) is 8.78. The number of Topliss-reactive ketones (excluding diaryl/α,β-unsaturated/α-hetero) is 1. The van der Waals surface area contributed by atoms with Gasteiger partial charge in [-0.3, -0.25) is 4.79 Å². The maximum Gasteiger partial charge on any atom is 0.231 e. The van der Waals surface area contributed by atoms with Gasteiger partial charge in [0.25, 0.3) is 0 Å². The van der Waals surface area contributed by atoms with Gasteiger partial charge in [0, 0.05) is 21.2 Å². The van der Waals surface area contributed by atoms with Crippen LogP contribution in [-0.4, -0.2) is 12.6 Å². The Labute approximate surface area is 194 Å². The van der Waals surface area contributed by atoms with Crippen molar-refractivity contribution in [2.45, 2.75) is 27.1 Å². The normalized spacial score (nSPS) is 15.7. The third-order valence-corrected chi connectivity index (χ3v) is 6.00. The molecule has 0 fully saturated rings. The van der Waals surface area contributed by atoms with Crippen LogP contribution in [0.2, 0.25) is 0 Å². The highest BCUT2D eigenvalue weighted by Gasteiger charge is 2.30. The summed E-state index contributed by atoms with van der Waals surface area (Å²) in [5.74, 6) is 2.21. The van der Waals surface area contributed by atoms with Gasteiger partial charge in [-0.2, -0.15) is 0 Å². The summed E-state index contributed by atoms with van der Waals surface area (Å²) in [5, 5.41) is 0. The summed E-state index contributed by atoms with van der Waals surface area (Å²) in [7, 11) is 0. The first-order chi connectivity index (χ1) is 15.5. The summed E-state index contributed by atoms with van der Waals surface area (Å²) < 4.78 is 24.1. The topological polar surface area (TPSA) is 54.0 Å². The first-order valence-corrected chi connectivity index (χ1v) is 11.1. The molecular weight excluding hydrogens is 472 g/mol. The Balaban J connectivity index is 1.39. The van der Waals surface area contributed by atoms with E-state index in [9.17, 15) is 4.79 Å². The Morgan fingerprint density at radius 2 is 1.88 bits per heavy atom. The van der Waals surface area contributed by atoms with E-state index in [1.54, 1.807) is 12.1 Å². The fraction of sp³-hybridized carbons (Fsp3) is 0.192. The van der Waals surface area contributed by atoms with Crippen molar-refractivity contribution in [2.75, 3.05) is 6.79 Å². The third kappa shape index (κ3) is 3.92. The maximum atomic E-state index is 12.8. The average molecular weight is 493 g/mol. The molecule has 0 saturated carbocycles. The van der Waals surface area contributed by atoms with Gasteiger partial charge in [0.15, 0.2) is 12.6 Å². The average Bonchev–Trinajstić information content (AvgIpc) is 3.10. The van der Waals surface area contributed by atoms with Gasteiger partial charge in [-0.15, -0.1) is 0 Å². The standard InChI is InChI=1S/C26H21BrO5/c1-15-3-5-17(6-4-15)9-23-24(28)21-7-8-22(16(2)25(21)32-23)30-13-19-11-20(27)10-18-12-29-14-31-26(18)19/h3-11H,12-14H2,1-2H3/b23-9-. The minimum Gasteiger partial charge on any atom is -0.488 e. The van der Waals surface area contributed by atoms with Crippen molar-refractivity contribution in [2.24, 2.45) is 0 Å². The Morgan fingerprint density at radius 1 is 1.06 bits per heavy atom. The smallest absolute Gasteiger partial charge is 0.231 e. The number of benzene rings is 3. The number of allylic oxidation sites excluding steroid dienone is 1. The van der Waals surface area contributed by atoms with Gasteiger partial charge in [0.1, 0.15) is 23.9 Å². The molecule has 0 amide bonds. The van der Waals surface area contributed by atoms with Crippen LogP contribution < -0.4 is 14.2 Å². The number of carbonyl (C=O) groups is 1. The number of rotatable bonds is 4. The molecule has 32 heavy (non-hydrogen) atoms. The van der Waals surface area contributed by atoms with Crippen LogP contribution in [0, 0.1) is 13.8 Å². The van der Waals surface area contributed by atoms with E-state index in [1.807, 2.05) is 56.3 Å². The summed E-state index contributed by atoms with van der Waals surface area (Å²) in [6, 6.07) is 15.5. The number of hydrogen-bond donors (Lipinski definition) is 0. The molecule has 0 atom stereocenters. The van der Waals surface area contributed by atoms with E-state index < -0.39 is 0 Å².